The fraction of sp³-hybridized carbons (Fsp3) is 0.364. The third-order valence-electron chi connectivity index (χ3n) is 6.57. The lowest BCUT2D eigenvalue weighted by molar-refractivity contribution is 0.235. The van der Waals surface area contributed by atoms with E-state index < -0.39 is 0 Å². The number of aryl methyl sites for hydroxylation is 2. The van der Waals surface area contributed by atoms with Crippen molar-refractivity contribution in [1.82, 2.24) is 30.0 Å². The van der Waals surface area contributed by atoms with Gasteiger partial charge in [0.25, 0.3) is 0 Å². The van der Waals surface area contributed by atoms with E-state index in [-0.39, 0.29) is 11.3 Å². The molecule has 2 saturated heterocycles. The molecule has 1 atom stereocenters. The van der Waals surface area contributed by atoms with Gasteiger partial charge in [-0.05, 0) is 44.5 Å². The van der Waals surface area contributed by atoms with Gasteiger partial charge in [0, 0.05) is 42.8 Å². The van der Waals surface area contributed by atoms with Crippen LogP contribution >= 0.6 is 0 Å². The Kier molecular flexibility index (Phi) is 3.59. The molecule has 6 rings (SSSR count). The fourth-order valence-corrected chi connectivity index (χ4v) is 4.72. The Hall–Kier alpha value is -3.26. The fourth-order valence-electron chi connectivity index (χ4n) is 4.72. The molecule has 2 aliphatic heterocycles. The van der Waals surface area contributed by atoms with E-state index in [9.17, 15) is 5.11 Å². The van der Waals surface area contributed by atoms with Crippen LogP contribution in [0, 0.1) is 6.92 Å². The zero-order chi connectivity index (χ0) is 20.5. The zero-order valence-electron chi connectivity index (χ0n) is 17.1. The summed E-state index contributed by atoms with van der Waals surface area (Å²) in [5, 5.41) is 19.7. The van der Waals surface area contributed by atoms with Gasteiger partial charge in [-0.15, -0.1) is 0 Å². The number of aromatic nitrogens is 5. The van der Waals surface area contributed by atoms with Crippen LogP contribution in [0.3, 0.4) is 0 Å². The molecule has 1 spiro atoms. The number of rotatable bonds is 2. The highest BCUT2D eigenvalue weighted by Crippen LogP contribution is 2.36. The minimum Gasteiger partial charge on any atom is -0.507 e. The molecule has 8 heteroatoms. The average molecular weight is 401 g/mol. The molecule has 1 aromatic carbocycles. The van der Waals surface area contributed by atoms with Gasteiger partial charge in [0.2, 0.25) is 0 Å². The van der Waals surface area contributed by atoms with Gasteiger partial charge in [-0.2, -0.15) is 5.10 Å². The highest BCUT2D eigenvalue weighted by atomic mass is 16.3. The predicted molar refractivity (Wildman–Crippen MR) is 116 cm³/mol. The van der Waals surface area contributed by atoms with Crippen molar-refractivity contribution in [3.8, 4) is 17.1 Å². The lowest BCUT2D eigenvalue weighted by Crippen LogP contribution is -2.58. The molecular weight excluding hydrogens is 378 g/mol. The van der Waals surface area contributed by atoms with Gasteiger partial charge in [0.05, 0.1) is 22.8 Å². The monoisotopic (exact) mass is 401 g/mol. The quantitative estimate of drug-likeness (QED) is 0.533. The van der Waals surface area contributed by atoms with Gasteiger partial charge in [-0.1, -0.05) is 0 Å². The van der Waals surface area contributed by atoms with E-state index in [2.05, 4.69) is 20.3 Å². The molecule has 152 valence electrons. The molecule has 4 aromatic rings. The summed E-state index contributed by atoms with van der Waals surface area (Å²) in [6, 6.07) is 5.92. The Bertz CT molecular complexity index is 1310. The van der Waals surface area contributed by atoms with E-state index in [1.165, 1.54) is 6.42 Å². The highest BCUT2D eigenvalue weighted by molar-refractivity contribution is 5.90. The average Bonchev–Trinajstić information content (AvgIpc) is 3.34. The molecule has 0 aliphatic carbocycles. The number of aromatic hydroxyl groups is 1. The first kappa shape index (κ1) is 17.6. The first-order valence-electron chi connectivity index (χ1n) is 10.3. The summed E-state index contributed by atoms with van der Waals surface area (Å²) in [6.07, 6.45) is 6.09. The van der Waals surface area contributed by atoms with Gasteiger partial charge in [-0.3, -0.25) is 4.68 Å². The maximum Gasteiger partial charge on any atom is 0.163 e. The maximum absolute atomic E-state index is 10.7. The Labute approximate surface area is 173 Å². The smallest absolute Gasteiger partial charge is 0.163 e. The Morgan fingerprint density at radius 3 is 2.80 bits per heavy atom. The molecule has 30 heavy (non-hydrogen) atoms. The third kappa shape index (κ3) is 2.56. The predicted octanol–water partition coefficient (Wildman–Crippen LogP) is 2.53. The summed E-state index contributed by atoms with van der Waals surface area (Å²) < 4.78 is 1.75. The van der Waals surface area contributed by atoms with Crippen molar-refractivity contribution in [2.75, 3.05) is 24.5 Å². The third-order valence-corrected chi connectivity index (χ3v) is 6.57. The number of benzene rings is 1. The van der Waals surface area contributed by atoms with Crippen molar-refractivity contribution in [1.29, 1.82) is 0 Å². The van der Waals surface area contributed by atoms with Crippen molar-refractivity contribution >= 4 is 27.8 Å². The molecule has 5 heterocycles. The van der Waals surface area contributed by atoms with Crippen LogP contribution in [0.4, 0.5) is 5.82 Å². The molecule has 1 unspecified atom stereocenters. The van der Waals surface area contributed by atoms with Crippen LogP contribution in [0.1, 0.15) is 18.4 Å². The minimum absolute atomic E-state index is 0.167. The van der Waals surface area contributed by atoms with Crippen LogP contribution in [0.25, 0.3) is 33.3 Å². The largest absolute Gasteiger partial charge is 0.507 e. The lowest BCUT2D eigenvalue weighted by atomic mass is 9.87. The topological polar surface area (TPSA) is 92.0 Å². The van der Waals surface area contributed by atoms with Gasteiger partial charge >= 0.3 is 0 Å². The molecule has 0 bridgehead atoms. The molecule has 0 amide bonds. The molecule has 2 N–H and O–H groups in total. The van der Waals surface area contributed by atoms with Gasteiger partial charge < -0.3 is 15.3 Å². The summed E-state index contributed by atoms with van der Waals surface area (Å²) in [7, 11) is 1.87. The van der Waals surface area contributed by atoms with Crippen LogP contribution < -0.4 is 10.2 Å². The molecule has 8 nitrogen and oxygen atoms in total. The van der Waals surface area contributed by atoms with E-state index in [0.29, 0.717) is 11.4 Å². The zero-order valence-corrected chi connectivity index (χ0v) is 17.1. The van der Waals surface area contributed by atoms with Crippen molar-refractivity contribution in [3.63, 3.8) is 0 Å². The summed E-state index contributed by atoms with van der Waals surface area (Å²) in [6.45, 7) is 5.00. The van der Waals surface area contributed by atoms with Crippen LogP contribution in [0.15, 0.2) is 30.6 Å². The van der Waals surface area contributed by atoms with Crippen molar-refractivity contribution < 1.29 is 5.11 Å². The van der Waals surface area contributed by atoms with Gasteiger partial charge in [-0.25, -0.2) is 15.0 Å². The second-order valence-corrected chi connectivity index (χ2v) is 8.53. The van der Waals surface area contributed by atoms with Crippen LogP contribution in [0.5, 0.6) is 5.75 Å². The Balaban J connectivity index is 1.38. The number of fused-ring (bicyclic) bond motifs is 2. The molecular formula is C22H23N7O. The van der Waals surface area contributed by atoms with Crippen LogP contribution in [-0.2, 0) is 7.05 Å². The van der Waals surface area contributed by atoms with Crippen molar-refractivity contribution in [2.45, 2.75) is 25.3 Å². The standard InChI is InChI=1S/C22H23N7O/c1-13-19-14(11-28(2)27-19)9-15(20(13)30)21-23-10-17-16(26-21)3-4-18(25-17)29-8-6-22(12-29)5-7-24-22/h3-4,9-11,24,30H,5-8,12H2,1-2H3. The normalized spacial score (nSPS) is 21.1. The van der Waals surface area contributed by atoms with Gasteiger partial charge in [0.1, 0.15) is 17.1 Å². The number of phenols is 1. The molecule has 0 saturated carbocycles. The van der Waals surface area contributed by atoms with Crippen LogP contribution in [0.2, 0.25) is 0 Å². The van der Waals surface area contributed by atoms with E-state index >= 15 is 0 Å². The number of nitrogens with one attached hydrogen (secondary N) is 1. The van der Waals surface area contributed by atoms with E-state index in [1.54, 1.807) is 10.9 Å². The SMILES string of the molecule is Cc1c(O)c(-c2ncc3nc(N4CCC5(CCN5)C4)ccc3n2)cc2cn(C)nc12. The maximum atomic E-state index is 10.7. The Morgan fingerprint density at radius 1 is 1.17 bits per heavy atom. The van der Waals surface area contributed by atoms with Crippen molar-refractivity contribution in [2.24, 2.45) is 7.05 Å². The molecule has 3 aromatic heterocycles. The number of pyridine rings is 1. The molecule has 2 aliphatic rings. The number of hydrogen-bond acceptors (Lipinski definition) is 7. The minimum atomic E-state index is 0.167. The molecule has 2 fully saturated rings. The summed E-state index contributed by atoms with van der Waals surface area (Å²) in [4.78, 5) is 16.4. The second-order valence-electron chi connectivity index (χ2n) is 8.53. The number of nitrogens with zero attached hydrogens (tertiary/aromatic N) is 6. The van der Waals surface area contributed by atoms with E-state index in [1.807, 2.05) is 38.4 Å². The van der Waals surface area contributed by atoms with Gasteiger partial charge in [0.15, 0.2) is 5.82 Å². The first-order chi connectivity index (χ1) is 14.5. The first-order valence-corrected chi connectivity index (χ1v) is 10.3. The second kappa shape index (κ2) is 6.12. The van der Waals surface area contributed by atoms with E-state index in [0.717, 1.165) is 59.4 Å². The number of hydrogen-bond donors (Lipinski definition) is 2. The van der Waals surface area contributed by atoms with Crippen molar-refractivity contribution in [3.05, 3.63) is 36.2 Å². The Morgan fingerprint density at radius 2 is 2.03 bits per heavy atom. The van der Waals surface area contributed by atoms with E-state index in [4.69, 9.17) is 9.97 Å². The summed E-state index contributed by atoms with van der Waals surface area (Å²) >= 11 is 0. The lowest BCUT2D eigenvalue weighted by Gasteiger charge is -2.39. The summed E-state index contributed by atoms with van der Waals surface area (Å²) in [5.41, 5.74) is 3.94. The highest BCUT2D eigenvalue weighted by Gasteiger charge is 2.42. The number of phenolic OH excluding ortho intramolecular Hbond substituents is 1. The number of anilines is 1. The molecule has 0 radical (unpaired) electrons. The summed E-state index contributed by atoms with van der Waals surface area (Å²) in [5.74, 6) is 1.63. The van der Waals surface area contributed by atoms with Crippen LogP contribution in [-0.4, -0.2) is 55.0 Å².